The van der Waals surface area contributed by atoms with Crippen LogP contribution in [0.25, 0.3) is 0 Å². The minimum atomic E-state index is -2.62. The summed E-state index contributed by atoms with van der Waals surface area (Å²) < 4.78 is 25.5. The maximum absolute atomic E-state index is 12.8. The van der Waals surface area contributed by atoms with Gasteiger partial charge in [0.15, 0.2) is 0 Å². The predicted octanol–water partition coefficient (Wildman–Crippen LogP) is 0.864. The SMILES string of the molecule is CN(C)C1(C(N)=O)CN(C(=O)Nc2ccc3c(c2)CCC(=O)N3CC(F)F)C1. The Morgan fingerprint density at radius 2 is 1.96 bits per heavy atom. The molecule has 0 aromatic heterocycles. The largest absolute Gasteiger partial charge is 0.368 e. The van der Waals surface area contributed by atoms with Gasteiger partial charge < -0.3 is 20.9 Å². The van der Waals surface area contributed by atoms with Crippen molar-refractivity contribution in [2.24, 2.45) is 5.73 Å². The molecule has 0 saturated carbocycles. The van der Waals surface area contributed by atoms with Crippen LogP contribution in [-0.2, 0) is 16.0 Å². The topological polar surface area (TPSA) is 99.0 Å². The molecule has 0 radical (unpaired) electrons. The summed E-state index contributed by atoms with van der Waals surface area (Å²) in [5.41, 5.74) is 6.25. The molecule has 28 heavy (non-hydrogen) atoms. The molecule has 0 bridgehead atoms. The number of nitrogens with two attached hydrogens (primary N) is 1. The Morgan fingerprint density at radius 1 is 1.29 bits per heavy atom. The first-order valence-electron chi connectivity index (χ1n) is 8.89. The summed E-state index contributed by atoms with van der Waals surface area (Å²) >= 11 is 0. The van der Waals surface area contributed by atoms with E-state index in [-0.39, 0.29) is 31.4 Å². The van der Waals surface area contributed by atoms with Gasteiger partial charge in [0.1, 0.15) is 5.54 Å². The standard InChI is InChI=1S/C18H23F2N5O3/c1-23(2)18(16(21)27)9-24(10-18)17(28)22-12-4-5-13-11(7-12)3-6-15(26)25(13)8-14(19)20/h4-5,7,14H,3,6,8-10H2,1-2H3,(H2,21,27)(H,22,28). The number of likely N-dealkylation sites (tertiary alicyclic amines) is 1. The maximum atomic E-state index is 12.8. The van der Waals surface area contributed by atoms with Crippen LogP contribution in [0.4, 0.5) is 25.0 Å². The number of likely N-dealkylation sites (N-methyl/N-ethyl adjacent to an activating group) is 1. The van der Waals surface area contributed by atoms with Crippen LogP contribution in [0, 0.1) is 0 Å². The quantitative estimate of drug-likeness (QED) is 0.773. The second-order valence-corrected chi connectivity index (χ2v) is 7.32. The van der Waals surface area contributed by atoms with Crippen molar-refractivity contribution in [2.45, 2.75) is 24.8 Å². The molecule has 2 aliphatic heterocycles. The summed E-state index contributed by atoms with van der Waals surface area (Å²) in [7, 11) is 3.46. The van der Waals surface area contributed by atoms with Crippen LogP contribution < -0.4 is 16.0 Å². The molecular weight excluding hydrogens is 372 g/mol. The first kappa shape index (κ1) is 20.0. The first-order valence-corrected chi connectivity index (χ1v) is 8.89. The zero-order valence-corrected chi connectivity index (χ0v) is 15.7. The number of fused-ring (bicyclic) bond motifs is 1. The third-order valence-electron chi connectivity index (χ3n) is 5.36. The number of hydrogen-bond donors (Lipinski definition) is 2. The number of anilines is 2. The molecular formula is C18H23F2N5O3. The van der Waals surface area contributed by atoms with E-state index in [1.165, 1.54) is 4.90 Å². The first-order chi connectivity index (χ1) is 13.1. The number of rotatable bonds is 5. The number of primary amides is 1. The van der Waals surface area contributed by atoms with Crippen molar-refractivity contribution in [3.05, 3.63) is 23.8 Å². The number of carbonyl (C=O) groups is 3. The lowest BCUT2D eigenvalue weighted by Gasteiger charge is -2.51. The Labute approximate surface area is 161 Å². The van der Waals surface area contributed by atoms with E-state index in [4.69, 9.17) is 5.73 Å². The fraction of sp³-hybridized carbons (Fsp3) is 0.500. The van der Waals surface area contributed by atoms with Gasteiger partial charge in [-0.15, -0.1) is 0 Å². The van der Waals surface area contributed by atoms with Crippen LogP contribution in [0.5, 0.6) is 0 Å². The monoisotopic (exact) mass is 395 g/mol. The lowest BCUT2D eigenvalue weighted by molar-refractivity contribution is -0.137. The summed E-state index contributed by atoms with van der Waals surface area (Å²) in [4.78, 5) is 40.3. The van der Waals surface area contributed by atoms with Crippen LogP contribution in [0.1, 0.15) is 12.0 Å². The Bertz CT molecular complexity index is 808. The van der Waals surface area contributed by atoms with Gasteiger partial charge >= 0.3 is 6.03 Å². The van der Waals surface area contributed by atoms with Gasteiger partial charge in [0.2, 0.25) is 11.8 Å². The fourth-order valence-corrected chi connectivity index (χ4v) is 3.57. The number of amides is 4. The third-order valence-corrected chi connectivity index (χ3v) is 5.36. The van der Waals surface area contributed by atoms with Gasteiger partial charge in [-0.3, -0.25) is 14.5 Å². The normalized spacial score (nSPS) is 18.1. The number of nitrogens with zero attached hydrogens (tertiary/aromatic N) is 3. The van der Waals surface area contributed by atoms with E-state index in [1.807, 2.05) is 0 Å². The van der Waals surface area contributed by atoms with Crippen molar-refractivity contribution in [3.63, 3.8) is 0 Å². The molecule has 152 valence electrons. The van der Waals surface area contributed by atoms with E-state index in [1.54, 1.807) is 37.2 Å². The van der Waals surface area contributed by atoms with Gasteiger partial charge in [0, 0.05) is 17.8 Å². The molecule has 10 heteroatoms. The number of alkyl halides is 2. The van der Waals surface area contributed by atoms with E-state index in [0.29, 0.717) is 17.8 Å². The molecule has 0 spiro atoms. The van der Waals surface area contributed by atoms with Gasteiger partial charge in [-0.05, 0) is 44.3 Å². The highest BCUT2D eigenvalue weighted by Crippen LogP contribution is 2.32. The Morgan fingerprint density at radius 3 is 2.54 bits per heavy atom. The van der Waals surface area contributed by atoms with Gasteiger partial charge in [0.25, 0.3) is 6.43 Å². The minimum absolute atomic E-state index is 0.146. The van der Waals surface area contributed by atoms with Crippen molar-refractivity contribution in [1.29, 1.82) is 0 Å². The average Bonchev–Trinajstić information content (AvgIpc) is 2.55. The average molecular weight is 395 g/mol. The molecule has 3 N–H and O–H groups in total. The molecule has 1 aromatic carbocycles. The molecule has 2 heterocycles. The molecule has 2 aliphatic rings. The number of benzene rings is 1. The van der Waals surface area contributed by atoms with Gasteiger partial charge in [-0.2, -0.15) is 0 Å². The molecule has 8 nitrogen and oxygen atoms in total. The van der Waals surface area contributed by atoms with Crippen molar-refractivity contribution < 1.29 is 23.2 Å². The smallest absolute Gasteiger partial charge is 0.322 e. The Hall–Kier alpha value is -2.75. The highest BCUT2D eigenvalue weighted by atomic mass is 19.3. The van der Waals surface area contributed by atoms with E-state index in [2.05, 4.69) is 5.32 Å². The molecule has 4 amide bonds. The predicted molar refractivity (Wildman–Crippen MR) is 99.3 cm³/mol. The summed E-state index contributed by atoms with van der Waals surface area (Å²) in [6.07, 6.45) is -2.05. The lowest BCUT2D eigenvalue weighted by atomic mass is 9.88. The molecule has 0 aliphatic carbocycles. The number of aryl methyl sites for hydroxylation is 1. The highest BCUT2D eigenvalue weighted by molar-refractivity contribution is 5.98. The van der Waals surface area contributed by atoms with Gasteiger partial charge in [-0.1, -0.05) is 0 Å². The van der Waals surface area contributed by atoms with Crippen LogP contribution in [0.3, 0.4) is 0 Å². The Balaban J connectivity index is 1.69. The van der Waals surface area contributed by atoms with E-state index < -0.39 is 24.4 Å². The van der Waals surface area contributed by atoms with E-state index >= 15 is 0 Å². The number of carbonyl (C=O) groups excluding carboxylic acids is 3. The van der Waals surface area contributed by atoms with Crippen LogP contribution in [0.15, 0.2) is 18.2 Å². The van der Waals surface area contributed by atoms with Crippen molar-refractivity contribution in [2.75, 3.05) is 43.9 Å². The van der Waals surface area contributed by atoms with Crippen molar-refractivity contribution in [3.8, 4) is 0 Å². The van der Waals surface area contributed by atoms with Crippen LogP contribution in [0.2, 0.25) is 0 Å². The summed E-state index contributed by atoms with van der Waals surface area (Å²) in [6, 6.07) is 4.44. The zero-order chi connectivity index (χ0) is 20.6. The number of halogens is 2. The highest BCUT2D eigenvalue weighted by Gasteiger charge is 2.51. The van der Waals surface area contributed by atoms with Gasteiger partial charge in [-0.25, -0.2) is 13.6 Å². The summed E-state index contributed by atoms with van der Waals surface area (Å²) in [5.74, 6) is -0.823. The number of urea groups is 1. The van der Waals surface area contributed by atoms with Crippen molar-refractivity contribution >= 4 is 29.2 Å². The van der Waals surface area contributed by atoms with Crippen molar-refractivity contribution in [1.82, 2.24) is 9.80 Å². The molecule has 1 saturated heterocycles. The minimum Gasteiger partial charge on any atom is -0.368 e. The zero-order valence-electron chi connectivity index (χ0n) is 15.7. The number of hydrogen-bond acceptors (Lipinski definition) is 4. The van der Waals surface area contributed by atoms with E-state index in [0.717, 1.165) is 10.5 Å². The maximum Gasteiger partial charge on any atom is 0.322 e. The third kappa shape index (κ3) is 3.51. The van der Waals surface area contributed by atoms with Crippen LogP contribution >= 0.6 is 0 Å². The summed E-state index contributed by atoms with van der Waals surface area (Å²) in [6.45, 7) is -0.281. The molecule has 1 aromatic rings. The molecule has 0 unspecified atom stereocenters. The second-order valence-electron chi connectivity index (χ2n) is 7.32. The van der Waals surface area contributed by atoms with Gasteiger partial charge in [0.05, 0.1) is 19.6 Å². The Kier molecular flexibility index (Phi) is 5.24. The second kappa shape index (κ2) is 7.34. The van der Waals surface area contributed by atoms with E-state index in [9.17, 15) is 23.2 Å². The van der Waals surface area contributed by atoms with Crippen LogP contribution in [-0.4, -0.2) is 73.3 Å². The molecule has 3 rings (SSSR count). The molecule has 1 fully saturated rings. The molecule has 0 atom stereocenters. The summed E-state index contributed by atoms with van der Waals surface area (Å²) in [5, 5.41) is 2.74. The lowest BCUT2D eigenvalue weighted by Crippen LogP contribution is -2.75. The fourth-order valence-electron chi connectivity index (χ4n) is 3.57. The number of nitrogens with one attached hydrogen (secondary N) is 1.